The van der Waals surface area contributed by atoms with E-state index < -0.39 is 6.10 Å². The lowest BCUT2D eigenvalue weighted by atomic mass is 9.91. The van der Waals surface area contributed by atoms with Gasteiger partial charge in [0.15, 0.2) is 0 Å². The molecule has 0 aliphatic carbocycles. The molecule has 1 heterocycles. The fraction of sp³-hybridized carbons (Fsp3) is 0.786. The highest BCUT2D eigenvalue weighted by Crippen LogP contribution is 2.32. The largest absolute Gasteiger partial charge is 0.386 e. The zero-order chi connectivity index (χ0) is 14.3. The second-order valence-corrected chi connectivity index (χ2v) is 5.26. The SMILES string of the molecule is CCCCC(CC)C(O)c1c(Cl)cnn1CCOC. The van der Waals surface area contributed by atoms with Crippen LogP contribution in [-0.2, 0) is 11.3 Å². The molecule has 2 unspecified atom stereocenters. The summed E-state index contributed by atoms with van der Waals surface area (Å²) in [6.07, 6.45) is 5.26. The van der Waals surface area contributed by atoms with E-state index in [0.717, 1.165) is 31.4 Å². The number of hydrogen-bond acceptors (Lipinski definition) is 3. The number of nitrogens with zero attached hydrogens (tertiary/aromatic N) is 2. The van der Waals surface area contributed by atoms with Crippen LogP contribution in [-0.4, -0.2) is 28.6 Å². The standard InChI is InChI=1S/C14H25ClN2O2/c1-4-6-7-11(5-2)14(18)13-12(15)10-16-17(13)8-9-19-3/h10-11,14,18H,4-9H2,1-3H3. The van der Waals surface area contributed by atoms with E-state index in [9.17, 15) is 5.11 Å². The minimum atomic E-state index is -0.552. The Morgan fingerprint density at radius 1 is 1.47 bits per heavy atom. The van der Waals surface area contributed by atoms with Crippen LogP contribution < -0.4 is 0 Å². The molecule has 0 aliphatic heterocycles. The summed E-state index contributed by atoms with van der Waals surface area (Å²) in [7, 11) is 1.65. The van der Waals surface area contributed by atoms with Gasteiger partial charge in [-0.3, -0.25) is 4.68 Å². The molecule has 2 atom stereocenters. The summed E-state index contributed by atoms with van der Waals surface area (Å²) >= 11 is 6.17. The molecule has 4 nitrogen and oxygen atoms in total. The highest BCUT2D eigenvalue weighted by molar-refractivity contribution is 6.31. The smallest absolute Gasteiger partial charge is 0.0999 e. The third-order valence-corrected chi connectivity index (χ3v) is 3.81. The third kappa shape index (κ3) is 4.48. The maximum absolute atomic E-state index is 10.6. The van der Waals surface area contributed by atoms with Gasteiger partial charge in [0.05, 0.1) is 36.2 Å². The van der Waals surface area contributed by atoms with Crippen LogP contribution in [0.2, 0.25) is 5.02 Å². The number of hydrogen-bond donors (Lipinski definition) is 1. The number of ether oxygens (including phenoxy) is 1. The zero-order valence-electron chi connectivity index (χ0n) is 12.1. The molecule has 0 fully saturated rings. The van der Waals surface area contributed by atoms with E-state index in [2.05, 4.69) is 18.9 Å². The van der Waals surface area contributed by atoms with Gasteiger partial charge in [0.2, 0.25) is 0 Å². The summed E-state index contributed by atoms with van der Waals surface area (Å²) in [5.41, 5.74) is 0.724. The number of rotatable bonds is 9. The predicted octanol–water partition coefficient (Wildman–Crippen LogP) is 3.43. The average Bonchev–Trinajstić information content (AvgIpc) is 2.78. The van der Waals surface area contributed by atoms with E-state index in [-0.39, 0.29) is 5.92 Å². The van der Waals surface area contributed by atoms with Crippen LogP contribution in [0.15, 0.2) is 6.20 Å². The zero-order valence-corrected chi connectivity index (χ0v) is 12.9. The molecular formula is C14H25ClN2O2. The van der Waals surface area contributed by atoms with Crippen molar-refractivity contribution in [3.05, 3.63) is 16.9 Å². The fourth-order valence-electron chi connectivity index (χ4n) is 2.30. The summed E-state index contributed by atoms with van der Waals surface area (Å²) in [6, 6.07) is 0. The molecule has 0 amide bonds. The van der Waals surface area contributed by atoms with Gasteiger partial charge in [-0.25, -0.2) is 0 Å². The molecule has 0 radical (unpaired) electrons. The minimum Gasteiger partial charge on any atom is -0.386 e. The average molecular weight is 289 g/mol. The Labute approximate surface area is 120 Å². The Morgan fingerprint density at radius 2 is 2.21 bits per heavy atom. The first-order valence-electron chi connectivity index (χ1n) is 7.03. The van der Waals surface area contributed by atoms with Gasteiger partial charge in [-0.05, 0) is 12.3 Å². The van der Waals surface area contributed by atoms with Crippen molar-refractivity contribution in [2.24, 2.45) is 5.92 Å². The van der Waals surface area contributed by atoms with Crippen LogP contribution in [0.25, 0.3) is 0 Å². The number of aliphatic hydroxyl groups is 1. The fourth-order valence-corrected chi connectivity index (χ4v) is 2.55. The van der Waals surface area contributed by atoms with Gasteiger partial charge in [0.1, 0.15) is 0 Å². The van der Waals surface area contributed by atoms with Crippen molar-refractivity contribution in [3.8, 4) is 0 Å². The van der Waals surface area contributed by atoms with Gasteiger partial charge in [-0.15, -0.1) is 0 Å². The highest BCUT2D eigenvalue weighted by Gasteiger charge is 2.25. The van der Waals surface area contributed by atoms with Crippen LogP contribution in [0, 0.1) is 5.92 Å². The first-order valence-corrected chi connectivity index (χ1v) is 7.41. The predicted molar refractivity (Wildman–Crippen MR) is 77.4 cm³/mol. The van der Waals surface area contributed by atoms with Crippen molar-refractivity contribution in [2.75, 3.05) is 13.7 Å². The van der Waals surface area contributed by atoms with Crippen molar-refractivity contribution in [1.82, 2.24) is 9.78 Å². The van der Waals surface area contributed by atoms with Gasteiger partial charge in [0.25, 0.3) is 0 Å². The summed E-state index contributed by atoms with van der Waals surface area (Å²) in [4.78, 5) is 0. The Bertz CT molecular complexity index is 368. The molecule has 19 heavy (non-hydrogen) atoms. The van der Waals surface area contributed by atoms with Crippen molar-refractivity contribution < 1.29 is 9.84 Å². The van der Waals surface area contributed by atoms with Crippen LogP contribution in [0.4, 0.5) is 0 Å². The summed E-state index contributed by atoms with van der Waals surface area (Å²) in [5, 5.41) is 15.3. The summed E-state index contributed by atoms with van der Waals surface area (Å²) in [5.74, 6) is 0.232. The molecule has 1 aromatic heterocycles. The number of unbranched alkanes of at least 4 members (excludes halogenated alkanes) is 1. The van der Waals surface area contributed by atoms with Crippen molar-refractivity contribution in [1.29, 1.82) is 0 Å². The second kappa shape index (κ2) is 8.56. The summed E-state index contributed by atoms with van der Waals surface area (Å²) in [6.45, 7) is 5.44. The molecule has 1 rings (SSSR count). The molecule has 5 heteroatoms. The Balaban J connectivity index is 2.83. The van der Waals surface area contributed by atoms with Crippen LogP contribution >= 0.6 is 11.6 Å². The Morgan fingerprint density at radius 3 is 2.79 bits per heavy atom. The quantitative estimate of drug-likeness (QED) is 0.757. The monoisotopic (exact) mass is 288 g/mol. The van der Waals surface area contributed by atoms with Gasteiger partial charge in [-0.2, -0.15) is 5.10 Å². The minimum absolute atomic E-state index is 0.232. The molecule has 0 aliphatic rings. The van der Waals surface area contributed by atoms with E-state index in [4.69, 9.17) is 16.3 Å². The molecule has 0 saturated carbocycles. The maximum Gasteiger partial charge on any atom is 0.0999 e. The summed E-state index contributed by atoms with van der Waals surface area (Å²) < 4.78 is 6.81. The van der Waals surface area contributed by atoms with E-state index in [1.54, 1.807) is 18.0 Å². The van der Waals surface area contributed by atoms with Crippen LogP contribution in [0.3, 0.4) is 0 Å². The lowest BCUT2D eigenvalue weighted by Crippen LogP contribution is -2.18. The van der Waals surface area contributed by atoms with Crippen molar-refractivity contribution in [3.63, 3.8) is 0 Å². The number of halogens is 1. The molecule has 0 bridgehead atoms. The van der Waals surface area contributed by atoms with Crippen molar-refractivity contribution >= 4 is 11.6 Å². The first kappa shape index (κ1) is 16.5. The Kier molecular flexibility index (Phi) is 7.42. The topological polar surface area (TPSA) is 47.3 Å². The molecule has 0 saturated heterocycles. The van der Waals surface area contributed by atoms with E-state index >= 15 is 0 Å². The van der Waals surface area contributed by atoms with Crippen LogP contribution in [0.5, 0.6) is 0 Å². The van der Waals surface area contributed by atoms with Gasteiger partial charge in [0, 0.05) is 7.11 Å². The number of aromatic nitrogens is 2. The van der Waals surface area contributed by atoms with Crippen LogP contribution in [0.1, 0.15) is 51.3 Å². The molecule has 0 aromatic carbocycles. The van der Waals surface area contributed by atoms with Gasteiger partial charge in [-0.1, -0.05) is 44.7 Å². The molecular weight excluding hydrogens is 264 g/mol. The molecule has 1 aromatic rings. The van der Waals surface area contributed by atoms with E-state index in [1.807, 2.05) is 0 Å². The van der Waals surface area contributed by atoms with Gasteiger partial charge >= 0.3 is 0 Å². The first-order chi connectivity index (χ1) is 9.15. The van der Waals surface area contributed by atoms with Gasteiger partial charge < -0.3 is 9.84 Å². The highest BCUT2D eigenvalue weighted by atomic mass is 35.5. The molecule has 1 N–H and O–H groups in total. The second-order valence-electron chi connectivity index (χ2n) is 4.85. The lowest BCUT2D eigenvalue weighted by molar-refractivity contribution is 0.0874. The normalized spacial score (nSPS) is 14.6. The molecule has 0 spiro atoms. The van der Waals surface area contributed by atoms with E-state index in [1.165, 1.54) is 0 Å². The van der Waals surface area contributed by atoms with Crippen molar-refractivity contribution in [2.45, 2.75) is 52.2 Å². The maximum atomic E-state index is 10.6. The number of methoxy groups -OCH3 is 1. The third-order valence-electron chi connectivity index (χ3n) is 3.52. The Hall–Kier alpha value is -0.580. The number of aliphatic hydroxyl groups excluding tert-OH is 1. The molecule has 110 valence electrons. The lowest BCUT2D eigenvalue weighted by Gasteiger charge is -2.23. The van der Waals surface area contributed by atoms with E-state index in [0.29, 0.717) is 18.2 Å².